The number of hydrogen-bond acceptors (Lipinski definition) is 3. The maximum atomic E-state index is 11.4. The van der Waals surface area contributed by atoms with Crippen molar-refractivity contribution >= 4 is 50.6 Å². The van der Waals surface area contributed by atoms with Gasteiger partial charge >= 0.3 is 5.97 Å². The molecular weight excluding hydrogens is 483 g/mol. The van der Waals surface area contributed by atoms with Gasteiger partial charge in [0.25, 0.3) is 0 Å². The normalized spacial score (nSPS) is 10.4. The van der Waals surface area contributed by atoms with Gasteiger partial charge in [-0.15, -0.1) is 6.42 Å². The van der Waals surface area contributed by atoms with E-state index in [-0.39, 0.29) is 6.61 Å². The summed E-state index contributed by atoms with van der Waals surface area (Å²) in [7, 11) is 0. The predicted molar refractivity (Wildman–Crippen MR) is 106 cm³/mol. The minimum absolute atomic E-state index is 0.0243. The van der Waals surface area contributed by atoms with Gasteiger partial charge in [0, 0.05) is 10.5 Å². The predicted octanol–water partition coefficient (Wildman–Crippen LogP) is 4.82. The van der Waals surface area contributed by atoms with E-state index in [1.165, 1.54) is 6.08 Å². The van der Waals surface area contributed by atoms with Crippen molar-refractivity contribution in [2.75, 3.05) is 6.61 Å². The Labute approximate surface area is 163 Å². The number of ether oxygens (including phenoxy) is 2. The Bertz CT molecular complexity index is 776. The first-order chi connectivity index (χ1) is 11.6. The molecule has 0 heterocycles. The molecule has 122 valence electrons. The van der Waals surface area contributed by atoms with Crippen LogP contribution in [0.2, 0.25) is 0 Å². The van der Waals surface area contributed by atoms with E-state index in [1.54, 1.807) is 6.08 Å². The quantitative estimate of drug-likeness (QED) is 0.249. The summed E-state index contributed by atoms with van der Waals surface area (Å²) in [5, 5.41) is 0. The van der Waals surface area contributed by atoms with Gasteiger partial charge in [0.2, 0.25) is 0 Å². The van der Waals surface area contributed by atoms with Gasteiger partial charge < -0.3 is 9.47 Å². The Hall–Kier alpha value is -1.78. The fourth-order valence-electron chi connectivity index (χ4n) is 1.80. The number of halogens is 2. The molecule has 0 saturated carbocycles. The molecule has 24 heavy (non-hydrogen) atoms. The van der Waals surface area contributed by atoms with E-state index in [0.717, 1.165) is 24.9 Å². The minimum atomic E-state index is -0.460. The number of esters is 1. The lowest BCUT2D eigenvalue weighted by molar-refractivity contribution is -0.136. The van der Waals surface area contributed by atoms with Gasteiger partial charge in [-0.05, 0) is 64.1 Å². The van der Waals surface area contributed by atoms with Crippen molar-refractivity contribution in [3.05, 3.63) is 67.7 Å². The molecule has 0 aliphatic rings. The molecule has 2 aromatic rings. The summed E-state index contributed by atoms with van der Waals surface area (Å²) in [6.07, 6.45) is 8.06. The summed E-state index contributed by atoms with van der Waals surface area (Å²) in [4.78, 5) is 11.4. The van der Waals surface area contributed by atoms with E-state index < -0.39 is 5.97 Å². The van der Waals surface area contributed by atoms with Crippen LogP contribution in [0.15, 0.2) is 53.0 Å². The summed E-state index contributed by atoms with van der Waals surface area (Å²) in [5.41, 5.74) is 1.97. The Morgan fingerprint density at radius 3 is 2.67 bits per heavy atom. The van der Waals surface area contributed by atoms with Crippen molar-refractivity contribution in [3.63, 3.8) is 0 Å². The molecular formula is C19H14BrIO3. The van der Waals surface area contributed by atoms with Crippen molar-refractivity contribution in [2.45, 2.75) is 6.61 Å². The second-order valence-electron chi connectivity index (χ2n) is 4.75. The van der Waals surface area contributed by atoms with E-state index in [0.29, 0.717) is 6.61 Å². The third kappa shape index (κ3) is 6.02. The minimum Gasteiger partial charge on any atom is -0.488 e. The molecule has 0 saturated heterocycles. The molecule has 2 aromatic carbocycles. The maximum Gasteiger partial charge on any atom is 0.331 e. The van der Waals surface area contributed by atoms with E-state index in [2.05, 4.69) is 44.4 Å². The van der Waals surface area contributed by atoms with Gasteiger partial charge in [-0.1, -0.05) is 40.0 Å². The van der Waals surface area contributed by atoms with Crippen LogP contribution < -0.4 is 4.74 Å². The largest absolute Gasteiger partial charge is 0.488 e. The number of carbonyl (C=O) groups excluding carboxylic acids is 1. The van der Waals surface area contributed by atoms with Gasteiger partial charge in [-0.25, -0.2) is 4.79 Å². The number of terminal acetylenes is 1. The van der Waals surface area contributed by atoms with Crippen LogP contribution in [0.25, 0.3) is 6.08 Å². The Morgan fingerprint density at radius 2 is 2.00 bits per heavy atom. The molecule has 0 unspecified atom stereocenters. The maximum absolute atomic E-state index is 11.4. The van der Waals surface area contributed by atoms with Gasteiger partial charge in [-0.3, -0.25) is 0 Å². The van der Waals surface area contributed by atoms with Gasteiger partial charge in [0.1, 0.15) is 12.4 Å². The highest BCUT2D eigenvalue weighted by Crippen LogP contribution is 2.24. The van der Waals surface area contributed by atoms with Crippen molar-refractivity contribution in [3.8, 4) is 18.1 Å². The molecule has 0 N–H and O–H groups in total. The zero-order valence-corrected chi connectivity index (χ0v) is 16.4. The summed E-state index contributed by atoms with van der Waals surface area (Å²) >= 11 is 5.61. The SMILES string of the molecule is C#CCOC(=O)/C=C/c1ccc(OCc2ccc(Br)cc2)c(I)c1. The van der Waals surface area contributed by atoms with E-state index in [1.807, 2.05) is 42.5 Å². The highest BCUT2D eigenvalue weighted by atomic mass is 127. The fourth-order valence-corrected chi connectivity index (χ4v) is 2.76. The molecule has 0 atom stereocenters. The first-order valence-corrected chi connectivity index (χ1v) is 8.91. The molecule has 0 spiro atoms. The van der Waals surface area contributed by atoms with E-state index >= 15 is 0 Å². The first kappa shape index (κ1) is 18.6. The van der Waals surface area contributed by atoms with Crippen LogP contribution in [0.4, 0.5) is 0 Å². The lowest BCUT2D eigenvalue weighted by atomic mass is 10.2. The Balaban J connectivity index is 1.96. The second kappa shape index (κ2) is 9.50. The summed E-state index contributed by atoms with van der Waals surface area (Å²) in [6, 6.07) is 13.7. The molecule has 0 amide bonds. The highest BCUT2D eigenvalue weighted by Gasteiger charge is 2.03. The van der Waals surface area contributed by atoms with Crippen molar-refractivity contribution in [1.82, 2.24) is 0 Å². The zero-order chi connectivity index (χ0) is 17.4. The van der Waals surface area contributed by atoms with E-state index in [4.69, 9.17) is 15.9 Å². The molecule has 0 aliphatic carbocycles. The molecule has 2 rings (SSSR count). The van der Waals surface area contributed by atoms with Crippen molar-refractivity contribution in [2.24, 2.45) is 0 Å². The summed E-state index contributed by atoms with van der Waals surface area (Å²) in [6.45, 7) is 0.473. The molecule has 3 nitrogen and oxygen atoms in total. The van der Waals surface area contributed by atoms with Crippen molar-refractivity contribution in [1.29, 1.82) is 0 Å². The van der Waals surface area contributed by atoms with Crippen LogP contribution in [-0.2, 0) is 16.1 Å². The van der Waals surface area contributed by atoms with Crippen LogP contribution in [0.5, 0.6) is 5.75 Å². The second-order valence-corrected chi connectivity index (χ2v) is 6.83. The fraction of sp³-hybridized carbons (Fsp3) is 0.105. The topological polar surface area (TPSA) is 35.5 Å². The monoisotopic (exact) mass is 496 g/mol. The van der Waals surface area contributed by atoms with Crippen LogP contribution in [0.3, 0.4) is 0 Å². The summed E-state index contributed by atoms with van der Waals surface area (Å²) in [5.74, 6) is 2.58. The smallest absolute Gasteiger partial charge is 0.331 e. The van der Waals surface area contributed by atoms with Crippen LogP contribution >= 0.6 is 38.5 Å². The van der Waals surface area contributed by atoms with Gasteiger partial charge in [0.05, 0.1) is 3.57 Å². The Morgan fingerprint density at radius 1 is 1.25 bits per heavy atom. The third-order valence-electron chi connectivity index (χ3n) is 2.97. The molecule has 0 aliphatic heterocycles. The van der Waals surface area contributed by atoms with E-state index in [9.17, 15) is 4.79 Å². The van der Waals surface area contributed by atoms with Crippen molar-refractivity contribution < 1.29 is 14.3 Å². The van der Waals surface area contributed by atoms with Crippen LogP contribution in [0.1, 0.15) is 11.1 Å². The van der Waals surface area contributed by atoms with Gasteiger partial charge in [-0.2, -0.15) is 0 Å². The summed E-state index contributed by atoms with van der Waals surface area (Å²) < 4.78 is 12.6. The number of hydrogen-bond donors (Lipinski definition) is 0. The average molecular weight is 497 g/mol. The lowest BCUT2D eigenvalue weighted by Gasteiger charge is -2.09. The molecule has 5 heteroatoms. The first-order valence-electron chi connectivity index (χ1n) is 7.03. The number of benzene rings is 2. The van der Waals surface area contributed by atoms with Gasteiger partial charge in [0.15, 0.2) is 6.61 Å². The highest BCUT2D eigenvalue weighted by molar-refractivity contribution is 14.1. The average Bonchev–Trinajstić information content (AvgIpc) is 2.58. The zero-order valence-electron chi connectivity index (χ0n) is 12.7. The molecule has 0 fully saturated rings. The standard InChI is InChI=1S/C19H14BrIO3/c1-2-11-23-19(22)10-6-14-5-9-18(17(21)12-14)24-13-15-3-7-16(20)8-4-15/h1,3-10,12H,11,13H2/b10-6+. The number of rotatable bonds is 6. The third-order valence-corrected chi connectivity index (χ3v) is 4.34. The lowest BCUT2D eigenvalue weighted by Crippen LogP contribution is -2.00. The Kier molecular flexibility index (Phi) is 7.35. The van der Waals surface area contributed by atoms with Crippen LogP contribution in [0, 0.1) is 15.9 Å². The molecule has 0 aromatic heterocycles. The molecule has 0 radical (unpaired) electrons. The molecule has 0 bridgehead atoms. The van der Waals surface area contributed by atoms with Crippen LogP contribution in [-0.4, -0.2) is 12.6 Å². The number of carbonyl (C=O) groups is 1.